The van der Waals surface area contributed by atoms with Crippen molar-refractivity contribution in [2.75, 3.05) is 0 Å². The Morgan fingerprint density at radius 1 is 0.974 bits per heavy atom. The molecule has 2 heterocycles. The molecule has 0 aliphatic heterocycles. The Kier molecular flexibility index (Phi) is 6.86. The van der Waals surface area contributed by atoms with Crippen molar-refractivity contribution in [2.24, 2.45) is 0 Å². The normalized spacial score (nSPS) is 13.5. The SMILES string of the molecule is CC(Cc1c[nH]c2ccccc12)(NCc1cc2ccccc2o1)C(=O)NCc1ccc(OC(F)(F)F)cc1. The van der Waals surface area contributed by atoms with Gasteiger partial charge in [0.05, 0.1) is 12.1 Å². The van der Waals surface area contributed by atoms with E-state index in [1.807, 2.05) is 67.7 Å². The molecule has 0 saturated heterocycles. The third-order valence-electron chi connectivity index (χ3n) is 6.46. The quantitative estimate of drug-likeness (QED) is 0.215. The molecular weight excluding hydrogens is 495 g/mol. The Bertz CT molecular complexity index is 1520. The monoisotopic (exact) mass is 521 g/mol. The van der Waals surface area contributed by atoms with Gasteiger partial charge in [-0.05, 0) is 48.4 Å². The van der Waals surface area contributed by atoms with E-state index in [1.165, 1.54) is 24.3 Å². The predicted octanol–water partition coefficient (Wildman–Crippen LogP) is 6.22. The van der Waals surface area contributed by atoms with Crippen LogP contribution in [0.4, 0.5) is 13.2 Å². The van der Waals surface area contributed by atoms with Crippen LogP contribution in [0.5, 0.6) is 5.75 Å². The third kappa shape index (κ3) is 5.84. The number of fused-ring (bicyclic) bond motifs is 2. The first-order valence-electron chi connectivity index (χ1n) is 12.1. The maximum Gasteiger partial charge on any atom is 0.573 e. The number of carbonyl (C=O) groups excluding carboxylic acids is 1. The van der Waals surface area contributed by atoms with Crippen molar-refractivity contribution in [3.8, 4) is 5.75 Å². The van der Waals surface area contributed by atoms with Gasteiger partial charge in [0, 0.05) is 35.5 Å². The van der Waals surface area contributed by atoms with Crippen LogP contribution in [0.3, 0.4) is 0 Å². The van der Waals surface area contributed by atoms with Crippen molar-refractivity contribution >= 4 is 27.8 Å². The van der Waals surface area contributed by atoms with E-state index < -0.39 is 11.9 Å². The van der Waals surface area contributed by atoms with Crippen LogP contribution < -0.4 is 15.4 Å². The van der Waals surface area contributed by atoms with Crippen molar-refractivity contribution in [1.29, 1.82) is 0 Å². The minimum absolute atomic E-state index is 0.140. The zero-order valence-electron chi connectivity index (χ0n) is 20.6. The predicted molar refractivity (Wildman–Crippen MR) is 138 cm³/mol. The Balaban J connectivity index is 1.33. The van der Waals surface area contributed by atoms with E-state index in [1.54, 1.807) is 0 Å². The molecule has 1 atom stereocenters. The lowest BCUT2D eigenvalue weighted by Gasteiger charge is -2.29. The number of rotatable bonds is 9. The second-order valence-electron chi connectivity index (χ2n) is 9.35. The molecular formula is C29H26F3N3O3. The number of H-pyrrole nitrogens is 1. The van der Waals surface area contributed by atoms with Crippen molar-refractivity contribution in [3.63, 3.8) is 0 Å². The molecule has 6 nitrogen and oxygen atoms in total. The van der Waals surface area contributed by atoms with E-state index in [0.29, 0.717) is 24.3 Å². The Labute approximate surface area is 216 Å². The summed E-state index contributed by atoms with van der Waals surface area (Å²) < 4.78 is 47.2. The second-order valence-corrected chi connectivity index (χ2v) is 9.35. The number of alkyl halides is 3. The standard InChI is InChI=1S/C29H26F3N3O3/c1-28(15-21-17-33-25-8-4-3-7-24(21)25,35-18-23-14-20-6-2-5-9-26(20)37-23)27(36)34-16-19-10-12-22(13-11-19)38-29(30,31)32/h2-14,17,33,35H,15-16,18H2,1H3,(H,34,36). The van der Waals surface area contributed by atoms with Gasteiger partial charge in [0.15, 0.2) is 0 Å². The zero-order valence-corrected chi connectivity index (χ0v) is 20.6. The van der Waals surface area contributed by atoms with Crippen LogP contribution >= 0.6 is 0 Å². The number of para-hydroxylation sites is 2. The summed E-state index contributed by atoms with van der Waals surface area (Å²) in [5.41, 5.74) is 2.33. The van der Waals surface area contributed by atoms with Gasteiger partial charge in [0.1, 0.15) is 17.1 Å². The number of amides is 1. The van der Waals surface area contributed by atoms with E-state index in [9.17, 15) is 18.0 Å². The highest BCUT2D eigenvalue weighted by Gasteiger charge is 2.34. The maximum atomic E-state index is 13.6. The van der Waals surface area contributed by atoms with E-state index in [0.717, 1.165) is 27.4 Å². The first kappa shape index (κ1) is 25.4. The number of nitrogens with one attached hydrogen (secondary N) is 3. The second kappa shape index (κ2) is 10.3. The Morgan fingerprint density at radius 2 is 1.71 bits per heavy atom. The highest BCUT2D eigenvalue weighted by Crippen LogP contribution is 2.25. The maximum absolute atomic E-state index is 13.6. The van der Waals surface area contributed by atoms with E-state index >= 15 is 0 Å². The smallest absolute Gasteiger partial charge is 0.460 e. The molecule has 9 heteroatoms. The van der Waals surface area contributed by atoms with Gasteiger partial charge >= 0.3 is 6.36 Å². The molecule has 0 fully saturated rings. The molecule has 196 valence electrons. The van der Waals surface area contributed by atoms with Gasteiger partial charge in [-0.3, -0.25) is 10.1 Å². The number of hydrogen-bond donors (Lipinski definition) is 3. The molecule has 2 aromatic heterocycles. The summed E-state index contributed by atoms with van der Waals surface area (Å²) in [6, 6.07) is 22.9. The summed E-state index contributed by atoms with van der Waals surface area (Å²) in [6.45, 7) is 2.29. The number of hydrogen-bond acceptors (Lipinski definition) is 4. The number of aromatic amines is 1. The minimum Gasteiger partial charge on any atom is -0.460 e. The number of benzene rings is 3. The average Bonchev–Trinajstić information content (AvgIpc) is 3.50. The lowest BCUT2D eigenvalue weighted by atomic mass is 9.91. The molecule has 0 saturated carbocycles. The van der Waals surface area contributed by atoms with Crippen LogP contribution in [0, 0.1) is 0 Å². The first-order chi connectivity index (χ1) is 18.2. The van der Waals surface area contributed by atoms with Gasteiger partial charge in [-0.2, -0.15) is 0 Å². The summed E-state index contributed by atoms with van der Waals surface area (Å²) >= 11 is 0. The van der Waals surface area contributed by atoms with E-state index in [4.69, 9.17) is 4.42 Å². The van der Waals surface area contributed by atoms with Crippen molar-refractivity contribution in [2.45, 2.75) is 38.3 Å². The molecule has 38 heavy (non-hydrogen) atoms. The molecule has 0 aliphatic carbocycles. The first-order valence-corrected chi connectivity index (χ1v) is 12.1. The van der Waals surface area contributed by atoms with Crippen molar-refractivity contribution in [1.82, 2.24) is 15.6 Å². The fraction of sp³-hybridized carbons (Fsp3) is 0.207. The van der Waals surface area contributed by atoms with Gasteiger partial charge in [-0.15, -0.1) is 13.2 Å². The van der Waals surface area contributed by atoms with Crippen LogP contribution in [0.25, 0.3) is 21.9 Å². The van der Waals surface area contributed by atoms with Gasteiger partial charge in [0.2, 0.25) is 5.91 Å². The lowest BCUT2D eigenvalue weighted by Crippen LogP contribution is -2.55. The molecule has 5 aromatic rings. The molecule has 3 N–H and O–H groups in total. The van der Waals surface area contributed by atoms with E-state index in [-0.39, 0.29) is 18.2 Å². The molecule has 1 amide bonds. The van der Waals surface area contributed by atoms with Crippen molar-refractivity contribution < 1.29 is 27.1 Å². The summed E-state index contributed by atoms with van der Waals surface area (Å²) in [5, 5.41) is 8.31. The topological polar surface area (TPSA) is 79.3 Å². The number of furan rings is 1. The van der Waals surface area contributed by atoms with Crippen molar-refractivity contribution in [3.05, 3.63) is 102 Å². The molecule has 5 rings (SSSR count). The molecule has 3 aromatic carbocycles. The summed E-state index contributed by atoms with van der Waals surface area (Å²) in [6.07, 6.45) is -2.47. The number of ether oxygens (including phenoxy) is 1. The lowest BCUT2D eigenvalue weighted by molar-refractivity contribution is -0.274. The summed E-state index contributed by atoms with van der Waals surface area (Å²) in [5.74, 6) is 0.128. The number of carbonyl (C=O) groups is 1. The third-order valence-corrected chi connectivity index (χ3v) is 6.46. The summed E-state index contributed by atoms with van der Waals surface area (Å²) in [4.78, 5) is 16.8. The van der Waals surface area contributed by atoms with Gasteiger partial charge < -0.3 is 19.5 Å². The minimum atomic E-state index is -4.76. The Hall–Kier alpha value is -4.24. The van der Waals surface area contributed by atoms with Gasteiger partial charge in [-0.1, -0.05) is 48.5 Å². The zero-order chi connectivity index (χ0) is 26.8. The highest BCUT2D eigenvalue weighted by molar-refractivity contribution is 5.89. The molecule has 0 spiro atoms. The van der Waals surface area contributed by atoms with Gasteiger partial charge in [-0.25, -0.2) is 0 Å². The van der Waals surface area contributed by atoms with Crippen LogP contribution in [-0.2, 0) is 24.3 Å². The Morgan fingerprint density at radius 3 is 2.47 bits per heavy atom. The van der Waals surface area contributed by atoms with Crippen LogP contribution in [0.2, 0.25) is 0 Å². The van der Waals surface area contributed by atoms with Crippen LogP contribution in [-0.4, -0.2) is 22.8 Å². The molecule has 0 bridgehead atoms. The number of halogens is 3. The summed E-state index contributed by atoms with van der Waals surface area (Å²) in [7, 11) is 0. The fourth-order valence-electron chi connectivity index (χ4n) is 4.47. The van der Waals surface area contributed by atoms with Crippen LogP contribution in [0.15, 0.2) is 89.5 Å². The fourth-order valence-corrected chi connectivity index (χ4v) is 4.47. The average molecular weight is 522 g/mol. The number of aromatic nitrogens is 1. The van der Waals surface area contributed by atoms with Gasteiger partial charge in [0.25, 0.3) is 0 Å². The van der Waals surface area contributed by atoms with E-state index in [2.05, 4.69) is 20.4 Å². The molecule has 1 unspecified atom stereocenters. The highest BCUT2D eigenvalue weighted by atomic mass is 19.4. The van der Waals surface area contributed by atoms with Crippen LogP contribution in [0.1, 0.15) is 23.8 Å². The molecule has 0 aliphatic rings. The largest absolute Gasteiger partial charge is 0.573 e. The molecule has 0 radical (unpaired) electrons.